The zero-order valence-corrected chi connectivity index (χ0v) is 17.4. The Morgan fingerprint density at radius 3 is 1.75 bits per heavy atom. The first-order chi connectivity index (χ1) is 11.5. The highest BCUT2D eigenvalue weighted by Crippen LogP contribution is 2.44. The molecule has 0 bridgehead atoms. The molecular formula is C22H44O2. The predicted molar refractivity (Wildman–Crippen MR) is 104 cm³/mol. The lowest BCUT2D eigenvalue weighted by Crippen LogP contribution is -2.42. The number of ether oxygens (including phenoxy) is 2. The Bertz CT molecular complexity index is 289. The van der Waals surface area contributed by atoms with E-state index in [1.807, 2.05) is 0 Å². The Balaban J connectivity index is 2.89. The van der Waals surface area contributed by atoms with Crippen molar-refractivity contribution in [2.24, 2.45) is 29.1 Å². The Labute approximate surface area is 152 Å². The van der Waals surface area contributed by atoms with Crippen molar-refractivity contribution in [2.45, 2.75) is 86.5 Å². The molecule has 144 valence electrons. The highest BCUT2D eigenvalue weighted by atomic mass is 16.5. The van der Waals surface area contributed by atoms with Crippen LogP contribution in [-0.4, -0.2) is 26.4 Å². The molecule has 0 aromatic heterocycles. The SMILES string of the molecule is CCOCC(CCC(C(C)C)C(C)C)(COCC)C1CCCCC1. The van der Waals surface area contributed by atoms with Gasteiger partial charge in [0.15, 0.2) is 0 Å². The minimum atomic E-state index is 0.231. The molecule has 2 heteroatoms. The average molecular weight is 341 g/mol. The van der Waals surface area contributed by atoms with Crippen molar-refractivity contribution in [1.82, 2.24) is 0 Å². The monoisotopic (exact) mass is 340 g/mol. The van der Waals surface area contributed by atoms with Crippen LogP contribution < -0.4 is 0 Å². The first-order valence-corrected chi connectivity index (χ1v) is 10.6. The summed E-state index contributed by atoms with van der Waals surface area (Å²) in [6.07, 6.45) is 9.51. The zero-order chi connectivity index (χ0) is 18.0. The maximum atomic E-state index is 6.02. The van der Waals surface area contributed by atoms with E-state index in [0.29, 0.717) is 0 Å². The minimum absolute atomic E-state index is 0.231. The van der Waals surface area contributed by atoms with E-state index in [-0.39, 0.29) is 5.41 Å². The summed E-state index contributed by atoms with van der Waals surface area (Å²) in [5.74, 6) is 3.10. The molecule has 0 heterocycles. The topological polar surface area (TPSA) is 18.5 Å². The smallest absolute Gasteiger partial charge is 0.0547 e. The fraction of sp³-hybridized carbons (Fsp3) is 1.00. The molecule has 24 heavy (non-hydrogen) atoms. The van der Waals surface area contributed by atoms with Gasteiger partial charge < -0.3 is 9.47 Å². The largest absolute Gasteiger partial charge is 0.381 e. The van der Waals surface area contributed by atoms with Crippen molar-refractivity contribution in [3.05, 3.63) is 0 Å². The molecule has 0 aromatic carbocycles. The van der Waals surface area contributed by atoms with E-state index in [4.69, 9.17) is 9.47 Å². The third kappa shape index (κ3) is 6.67. The summed E-state index contributed by atoms with van der Waals surface area (Å²) < 4.78 is 12.0. The van der Waals surface area contributed by atoms with E-state index in [0.717, 1.165) is 50.1 Å². The van der Waals surface area contributed by atoms with Crippen LogP contribution in [0.5, 0.6) is 0 Å². The molecule has 1 fully saturated rings. The van der Waals surface area contributed by atoms with Crippen LogP contribution in [0.2, 0.25) is 0 Å². The highest BCUT2D eigenvalue weighted by Gasteiger charge is 2.40. The van der Waals surface area contributed by atoms with Gasteiger partial charge in [-0.15, -0.1) is 0 Å². The summed E-state index contributed by atoms with van der Waals surface area (Å²) in [6, 6.07) is 0. The van der Waals surface area contributed by atoms with Crippen LogP contribution in [0.15, 0.2) is 0 Å². The summed E-state index contributed by atoms with van der Waals surface area (Å²) in [7, 11) is 0. The van der Waals surface area contributed by atoms with E-state index in [1.165, 1.54) is 44.9 Å². The molecule has 0 aliphatic heterocycles. The Morgan fingerprint density at radius 1 is 0.833 bits per heavy atom. The molecular weight excluding hydrogens is 296 g/mol. The van der Waals surface area contributed by atoms with Crippen LogP contribution in [0.25, 0.3) is 0 Å². The van der Waals surface area contributed by atoms with Crippen molar-refractivity contribution >= 4 is 0 Å². The molecule has 0 radical (unpaired) electrons. The lowest BCUT2D eigenvalue weighted by molar-refractivity contribution is -0.0697. The van der Waals surface area contributed by atoms with Crippen LogP contribution in [0.1, 0.15) is 86.5 Å². The molecule has 0 spiro atoms. The Hall–Kier alpha value is -0.0800. The molecule has 1 rings (SSSR count). The molecule has 2 nitrogen and oxygen atoms in total. The molecule has 0 saturated heterocycles. The number of rotatable bonds is 12. The number of hydrogen-bond acceptors (Lipinski definition) is 2. The van der Waals surface area contributed by atoms with Gasteiger partial charge >= 0.3 is 0 Å². The average Bonchev–Trinajstić information content (AvgIpc) is 2.57. The predicted octanol–water partition coefficient (Wildman–Crippen LogP) is 6.33. The first-order valence-electron chi connectivity index (χ1n) is 10.6. The summed E-state index contributed by atoms with van der Waals surface area (Å²) in [6.45, 7) is 17.2. The van der Waals surface area contributed by atoms with Gasteiger partial charge in [0.25, 0.3) is 0 Å². The molecule has 1 aliphatic carbocycles. The van der Waals surface area contributed by atoms with Crippen LogP contribution in [0, 0.1) is 29.1 Å². The van der Waals surface area contributed by atoms with Crippen molar-refractivity contribution in [3.63, 3.8) is 0 Å². The minimum Gasteiger partial charge on any atom is -0.381 e. The van der Waals surface area contributed by atoms with Gasteiger partial charge in [-0.1, -0.05) is 47.0 Å². The third-order valence-electron chi connectivity index (χ3n) is 6.35. The summed E-state index contributed by atoms with van der Waals surface area (Å²) >= 11 is 0. The Morgan fingerprint density at radius 2 is 1.33 bits per heavy atom. The van der Waals surface area contributed by atoms with Gasteiger partial charge in [0, 0.05) is 18.6 Å². The second-order valence-corrected chi connectivity index (χ2v) is 8.66. The van der Waals surface area contributed by atoms with E-state index >= 15 is 0 Å². The van der Waals surface area contributed by atoms with Crippen molar-refractivity contribution in [1.29, 1.82) is 0 Å². The van der Waals surface area contributed by atoms with Crippen LogP contribution in [0.4, 0.5) is 0 Å². The molecule has 1 aliphatic rings. The highest BCUT2D eigenvalue weighted by molar-refractivity contribution is 4.89. The molecule has 0 N–H and O–H groups in total. The second kappa shape index (κ2) is 11.5. The molecule has 1 saturated carbocycles. The maximum absolute atomic E-state index is 6.02. The van der Waals surface area contributed by atoms with Crippen LogP contribution >= 0.6 is 0 Å². The van der Waals surface area contributed by atoms with Gasteiger partial charge in [0.2, 0.25) is 0 Å². The summed E-state index contributed by atoms with van der Waals surface area (Å²) in [5.41, 5.74) is 0.231. The molecule has 0 aromatic rings. The van der Waals surface area contributed by atoms with E-state index in [2.05, 4.69) is 41.5 Å². The second-order valence-electron chi connectivity index (χ2n) is 8.66. The summed E-state index contributed by atoms with van der Waals surface area (Å²) in [4.78, 5) is 0. The number of hydrogen-bond donors (Lipinski definition) is 0. The van der Waals surface area contributed by atoms with E-state index in [1.54, 1.807) is 0 Å². The maximum Gasteiger partial charge on any atom is 0.0547 e. The van der Waals surface area contributed by atoms with Gasteiger partial charge in [0.1, 0.15) is 0 Å². The fourth-order valence-corrected chi connectivity index (χ4v) is 4.84. The molecule has 0 atom stereocenters. The van der Waals surface area contributed by atoms with E-state index < -0.39 is 0 Å². The first kappa shape index (κ1) is 22.0. The van der Waals surface area contributed by atoms with Gasteiger partial charge in [-0.3, -0.25) is 0 Å². The van der Waals surface area contributed by atoms with Gasteiger partial charge in [-0.2, -0.15) is 0 Å². The molecule has 0 amide bonds. The van der Waals surface area contributed by atoms with E-state index in [9.17, 15) is 0 Å². The third-order valence-corrected chi connectivity index (χ3v) is 6.35. The standard InChI is InChI=1S/C22H44O2/c1-7-23-16-22(17-24-8-2,20-12-10-9-11-13-20)15-14-21(18(3)4)19(5)6/h18-21H,7-17H2,1-6H3. The Kier molecular flexibility index (Phi) is 10.5. The van der Waals surface area contributed by atoms with Gasteiger partial charge in [-0.25, -0.2) is 0 Å². The fourth-order valence-electron chi connectivity index (χ4n) is 4.84. The quantitative estimate of drug-likeness (QED) is 0.413. The van der Waals surface area contributed by atoms with Crippen molar-refractivity contribution < 1.29 is 9.47 Å². The van der Waals surface area contributed by atoms with Crippen molar-refractivity contribution in [3.8, 4) is 0 Å². The molecule has 0 unspecified atom stereocenters. The van der Waals surface area contributed by atoms with Gasteiger partial charge in [0.05, 0.1) is 13.2 Å². The lowest BCUT2D eigenvalue weighted by atomic mass is 9.65. The van der Waals surface area contributed by atoms with Crippen molar-refractivity contribution in [2.75, 3.05) is 26.4 Å². The normalized spacial score (nSPS) is 17.4. The van der Waals surface area contributed by atoms with Crippen LogP contribution in [0.3, 0.4) is 0 Å². The van der Waals surface area contributed by atoms with Gasteiger partial charge in [-0.05, 0) is 63.2 Å². The zero-order valence-electron chi connectivity index (χ0n) is 17.4. The summed E-state index contributed by atoms with van der Waals surface area (Å²) in [5, 5.41) is 0. The van der Waals surface area contributed by atoms with Crippen LogP contribution in [-0.2, 0) is 9.47 Å². The lowest BCUT2D eigenvalue weighted by Gasteiger charge is -2.44.